The van der Waals surface area contributed by atoms with Gasteiger partial charge in [0, 0.05) is 0 Å². The molecule has 0 saturated carbocycles. The van der Waals surface area contributed by atoms with Crippen molar-refractivity contribution in [3.63, 3.8) is 0 Å². The van der Waals surface area contributed by atoms with Crippen molar-refractivity contribution in [2.45, 2.75) is 0 Å². The predicted octanol–water partition coefficient (Wildman–Crippen LogP) is 2.10. The molecule has 0 aliphatic rings. The minimum absolute atomic E-state index is 0.00972. The zero-order valence-corrected chi connectivity index (χ0v) is 11.1. The summed E-state index contributed by atoms with van der Waals surface area (Å²) in [6.07, 6.45) is 3.40. The van der Waals surface area contributed by atoms with E-state index >= 15 is 0 Å². The first-order chi connectivity index (χ1) is 8.25. The molecule has 5 heteroatoms. The molecule has 3 aromatic rings. The van der Waals surface area contributed by atoms with Crippen molar-refractivity contribution in [1.82, 2.24) is 8.55 Å². The van der Waals surface area contributed by atoms with Gasteiger partial charge in [-0.3, -0.25) is 0 Å². The maximum absolute atomic E-state index is 12.2. The van der Waals surface area contributed by atoms with Gasteiger partial charge in [0.25, 0.3) is 0 Å². The average molecular weight is 310 g/mol. The number of halogens is 1. The van der Waals surface area contributed by atoms with Gasteiger partial charge in [-0.25, -0.2) is 0 Å². The first-order valence-corrected chi connectivity index (χ1v) is 6.98. The summed E-state index contributed by atoms with van der Waals surface area (Å²) in [7, 11) is 0. The summed E-state index contributed by atoms with van der Waals surface area (Å²) in [6, 6.07) is 9.19. The standard InChI is InChI=1S/C12H7ClN2OSe/c13-8-3-4-11-10(6-8)12(16)15(17-11)9-2-1-5-14-7-9/h1-7H. The minimum atomic E-state index is -0.0277. The van der Waals surface area contributed by atoms with Crippen molar-refractivity contribution < 1.29 is 0 Å². The van der Waals surface area contributed by atoms with Crippen molar-refractivity contribution in [2.24, 2.45) is 0 Å². The Labute approximate surface area is 108 Å². The van der Waals surface area contributed by atoms with Crippen LogP contribution in [0.4, 0.5) is 0 Å². The van der Waals surface area contributed by atoms with Gasteiger partial charge in [-0.2, -0.15) is 0 Å². The Morgan fingerprint density at radius 3 is 2.94 bits per heavy atom. The average Bonchev–Trinajstić information content (AvgIpc) is 2.68. The molecule has 0 radical (unpaired) electrons. The summed E-state index contributed by atoms with van der Waals surface area (Å²) in [6.45, 7) is 0. The molecule has 84 valence electrons. The number of fused-ring (bicyclic) bond motifs is 1. The summed E-state index contributed by atoms with van der Waals surface area (Å²) >= 11 is 5.88. The van der Waals surface area contributed by atoms with Gasteiger partial charge in [-0.05, 0) is 0 Å². The molecule has 2 heterocycles. The van der Waals surface area contributed by atoms with Crippen LogP contribution in [0, 0.1) is 0 Å². The van der Waals surface area contributed by atoms with Crippen LogP contribution >= 0.6 is 11.6 Å². The Balaban J connectivity index is 2.33. The van der Waals surface area contributed by atoms with E-state index in [9.17, 15) is 4.79 Å². The third kappa shape index (κ3) is 1.84. The molecule has 0 atom stereocenters. The zero-order chi connectivity index (χ0) is 11.8. The van der Waals surface area contributed by atoms with Gasteiger partial charge in [0.1, 0.15) is 0 Å². The summed E-state index contributed by atoms with van der Waals surface area (Å²) in [5.41, 5.74) is 0.848. The summed E-state index contributed by atoms with van der Waals surface area (Å²) < 4.78 is 2.83. The number of rotatable bonds is 1. The van der Waals surface area contributed by atoms with E-state index in [0.717, 1.165) is 9.95 Å². The van der Waals surface area contributed by atoms with Crippen molar-refractivity contribution in [2.75, 3.05) is 0 Å². The number of benzene rings is 1. The van der Waals surface area contributed by atoms with Gasteiger partial charge >= 0.3 is 108 Å². The molecule has 17 heavy (non-hydrogen) atoms. The Kier molecular flexibility index (Phi) is 2.63. The molecule has 0 saturated heterocycles. The zero-order valence-electron chi connectivity index (χ0n) is 8.63. The van der Waals surface area contributed by atoms with Crippen LogP contribution < -0.4 is 5.56 Å². The molecule has 0 N–H and O–H groups in total. The molecule has 0 bridgehead atoms. The van der Waals surface area contributed by atoms with Crippen LogP contribution in [-0.2, 0) is 0 Å². The Morgan fingerprint density at radius 1 is 1.29 bits per heavy atom. The van der Waals surface area contributed by atoms with Gasteiger partial charge in [0.15, 0.2) is 0 Å². The Bertz CT molecular complexity index is 733. The van der Waals surface area contributed by atoms with Gasteiger partial charge in [0.05, 0.1) is 0 Å². The van der Waals surface area contributed by atoms with E-state index in [2.05, 4.69) is 4.98 Å². The third-order valence-corrected chi connectivity index (χ3v) is 4.99. The fourth-order valence-electron chi connectivity index (χ4n) is 1.64. The summed E-state index contributed by atoms with van der Waals surface area (Å²) in [5, 5.41) is 1.31. The van der Waals surface area contributed by atoms with Crippen LogP contribution in [0.5, 0.6) is 0 Å². The van der Waals surface area contributed by atoms with Crippen molar-refractivity contribution >= 4 is 36.0 Å². The normalized spacial score (nSPS) is 10.9. The molecule has 0 aliphatic heterocycles. The van der Waals surface area contributed by atoms with Crippen LogP contribution in [0.2, 0.25) is 5.02 Å². The fourth-order valence-corrected chi connectivity index (χ4v) is 3.84. The fraction of sp³-hybridized carbons (Fsp3) is 0. The molecule has 3 rings (SSSR count). The Hall–Kier alpha value is -1.35. The number of hydrogen-bond donors (Lipinski definition) is 0. The van der Waals surface area contributed by atoms with Gasteiger partial charge in [-0.1, -0.05) is 0 Å². The van der Waals surface area contributed by atoms with E-state index in [-0.39, 0.29) is 20.3 Å². The molecule has 0 spiro atoms. The van der Waals surface area contributed by atoms with Crippen LogP contribution in [0.25, 0.3) is 15.3 Å². The second-order valence-corrected chi connectivity index (χ2v) is 6.05. The summed E-state index contributed by atoms with van der Waals surface area (Å²) in [4.78, 5) is 16.2. The SMILES string of the molecule is O=c1c2cc(Cl)ccc2[se]n1-c1cccnc1. The molecule has 2 aromatic heterocycles. The molecular formula is C12H7ClN2OSe. The second-order valence-electron chi connectivity index (χ2n) is 3.54. The first-order valence-electron chi connectivity index (χ1n) is 4.98. The molecular weight excluding hydrogens is 303 g/mol. The van der Waals surface area contributed by atoms with Gasteiger partial charge in [-0.15, -0.1) is 0 Å². The van der Waals surface area contributed by atoms with E-state index in [1.807, 2.05) is 24.3 Å². The first kappa shape index (κ1) is 10.8. The predicted molar refractivity (Wildman–Crippen MR) is 69.3 cm³/mol. The van der Waals surface area contributed by atoms with Gasteiger partial charge < -0.3 is 0 Å². The number of pyridine rings is 1. The molecule has 0 unspecified atom stereocenters. The molecule has 3 nitrogen and oxygen atoms in total. The second kappa shape index (κ2) is 4.15. The van der Waals surface area contributed by atoms with Crippen LogP contribution in [-0.4, -0.2) is 23.3 Å². The van der Waals surface area contributed by atoms with E-state index in [4.69, 9.17) is 11.6 Å². The molecule has 0 aliphatic carbocycles. The number of aromatic nitrogens is 2. The van der Waals surface area contributed by atoms with Crippen molar-refractivity contribution in [3.8, 4) is 5.69 Å². The Morgan fingerprint density at radius 2 is 2.18 bits per heavy atom. The third-order valence-electron chi connectivity index (χ3n) is 2.43. The van der Waals surface area contributed by atoms with Crippen LogP contribution in [0.15, 0.2) is 47.5 Å². The van der Waals surface area contributed by atoms with E-state index < -0.39 is 0 Å². The van der Waals surface area contributed by atoms with E-state index in [1.165, 1.54) is 0 Å². The number of hydrogen-bond acceptors (Lipinski definition) is 2. The van der Waals surface area contributed by atoms with Crippen LogP contribution in [0.3, 0.4) is 0 Å². The van der Waals surface area contributed by atoms with Crippen molar-refractivity contribution in [1.29, 1.82) is 0 Å². The van der Waals surface area contributed by atoms with E-state index in [1.54, 1.807) is 22.0 Å². The quantitative estimate of drug-likeness (QED) is 0.645. The molecule has 0 fully saturated rings. The van der Waals surface area contributed by atoms with Crippen LogP contribution in [0.1, 0.15) is 0 Å². The van der Waals surface area contributed by atoms with E-state index in [0.29, 0.717) is 10.4 Å². The molecule has 0 amide bonds. The molecule has 1 aromatic carbocycles. The number of nitrogens with zero attached hydrogens (tertiary/aromatic N) is 2. The topological polar surface area (TPSA) is 34.9 Å². The monoisotopic (exact) mass is 310 g/mol. The van der Waals surface area contributed by atoms with Gasteiger partial charge in [0.2, 0.25) is 0 Å². The van der Waals surface area contributed by atoms with Crippen molar-refractivity contribution in [3.05, 3.63) is 58.1 Å². The maximum atomic E-state index is 12.2. The summed E-state index contributed by atoms with van der Waals surface area (Å²) in [5.74, 6) is 0.